The number of nitro groups is 1. The lowest BCUT2D eigenvalue weighted by Crippen LogP contribution is -2.21. The smallest absolute Gasteiger partial charge is 0.267 e. The largest absolute Gasteiger partial charge is 0.282 e. The van der Waals surface area contributed by atoms with Gasteiger partial charge in [0.25, 0.3) is 11.6 Å². The second-order valence-corrected chi connectivity index (χ2v) is 5.07. The van der Waals surface area contributed by atoms with Crippen LogP contribution in [-0.4, -0.2) is 16.5 Å². The number of carbonyl (C=O) groups excluding carboxylic acids is 1. The van der Waals surface area contributed by atoms with Gasteiger partial charge in [0.1, 0.15) is 5.56 Å². The Labute approximate surface area is 137 Å². The van der Waals surface area contributed by atoms with Crippen LogP contribution in [0, 0.1) is 10.1 Å². The SMILES string of the molecule is CC/C(=N\NC(=O)c1ccccc1[N+](=O)[O-])c1cccc(Cl)c1. The molecule has 0 aliphatic carbocycles. The molecule has 0 spiro atoms. The summed E-state index contributed by atoms with van der Waals surface area (Å²) in [6.07, 6.45) is 0.567. The number of amides is 1. The van der Waals surface area contributed by atoms with Crippen LogP contribution in [0.25, 0.3) is 0 Å². The first-order valence-corrected chi connectivity index (χ1v) is 7.27. The first kappa shape index (κ1) is 16.6. The second kappa shape index (κ2) is 7.51. The van der Waals surface area contributed by atoms with Gasteiger partial charge >= 0.3 is 0 Å². The van der Waals surface area contributed by atoms with Gasteiger partial charge in [0.05, 0.1) is 10.6 Å². The molecule has 6 nitrogen and oxygen atoms in total. The minimum atomic E-state index is -0.634. The summed E-state index contributed by atoms with van der Waals surface area (Å²) < 4.78 is 0. The van der Waals surface area contributed by atoms with Crippen molar-refractivity contribution in [2.24, 2.45) is 5.10 Å². The van der Waals surface area contributed by atoms with Crippen molar-refractivity contribution in [2.75, 3.05) is 0 Å². The molecule has 0 aliphatic heterocycles. The van der Waals surface area contributed by atoms with E-state index in [0.29, 0.717) is 17.2 Å². The van der Waals surface area contributed by atoms with Gasteiger partial charge in [-0.15, -0.1) is 0 Å². The van der Waals surface area contributed by atoms with Gasteiger partial charge < -0.3 is 0 Å². The fourth-order valence-corrected chi connectivity index (χ4v) is 2.21. The third-order valence-electron chi connectivity index (χ3n) is 3.13. The summed E-state index contributed by atoms with van der Waals surface area (Å²) in [6, 6.07) is 12.8. The number of benzene rings is 2. The predicted molar refractivity (Wildman–Crippen MR) is 88.8 cm³/mol. The van der Waals surface area contributed by atoms with Crippen molar-refractivity contribution >= 4 is 28.9 Å². The predicted octanol–water partition coefficient (Wildman–Crippen LogP) is 3.79. The van der Waals surface area contributed by atoms with Gasteiger partial charge in [-0.05, 0) is 30.2 Å². The molecule has 0 heterocycles. The lowest BCUT2D eigenvalue weighted by molar-refractivity contribution is -0.385. The van der Waals surface area contributed by atoms with Crippen molar-refractivity contribution in [3.05, 3.63) is 74.8 Å². The summed E-state index contributed by atoms with van der Waals surface area (Å²) in [5, 5.41) is 15.6. The molecule has 0 aliphatic rings. The zero-order chi connectivity index (χ0) is 16.8. The molecule has 0 unspecified atom stereocenters. The van der Waals surface area contributed by atoms with Crippen molar-refractivity contribution in [1.29, 1.82) is 0 Å². The Balaban J connectivity index is 2.24. The maximum Gasteiger partial charge on any atom is 0.282 e. The van der Waals surface area contributed by atoms with Crippen LogP contribution >= 0.6 is 11.6 Å². The van der Waals surface area contributed by atoms with Crippen LogP contribution in [0.1, 0.15) is 29.3 Å². The van der Waals surface area contributed by atoms with Crippen LogP contribution in [-0.2, 0) is 0 Å². The van der Waals surface area contributed by atoms with Crippen LogP contribution in [0.4, 0.5) is 5.69 Å². The van der Waals surface area contributed by atoms with E-state index >= 15 is 0 Å². The van der Waals surface area contributed by atoms with Crippen molar-refractivity contribution in [3.63, 3.8) is 0 Å². The maximum absolute atomic E-state index is 12.1. The zero-order valence-electron chi connectivity index (χ0n) is 12.3. The van der Waals surface area contributed by atoms with Crippen LogP contribution in [0.3, 0.4) is 0 Å². The Morgan fingerprint density at radius 2 is 2.00 bits per heavy atom. The first-order chi connectivity index (χ1) is 11.0. The third kappa shape index (κ3) is 4.14. The molecule has 2 rings (SSSR count). The van der Waals surface area contributed by atoms with Crippen molar-refractivity contribution in [1.82, 2.24) is 5.43 Å². The Morgan fingerprint density at radius 3 is 2.65 bits per heavy atom. The summed E-state index contributed by atoms with van der Waals surface area (Å²) in [4.78, 5) is 22.5. The Bertz CT molecular complexity index is 775. The second-order valence-electron chi connectivity index (χ2n) is 4.64. The number of hydrogen-bond acceptors (Lipinski definition) is 4. The summed E-state index contributed by atoms with van der Waals surface area (Å²) in [7, 11) is 0. The lowest BCUT2D eigenvalue weighted by Gasteiger charge is -2.06. The number of halogens is 1. The van der Waals surface area contributed by atoms with Gasteiger partial charge in [-0.3, -0.25) is 14.9 Å². The van der Waals surface area contributed by atoms with Crippen molar-refractivity contribution in [3.8, 4) is 0 Å². The molecule has 1 N–H and O–H groups in total. The topological polar surface area (TPSA) is 84.6 Å². The van der Waals surface area contributed by atoms with Gasteiger partial charge in [-0.2, -0.15) is 5.10 Å². The number of nitrogens with zero attached hydrogens (tertiary/aromatic N) is 2. The molecule has 2 aromatic carbocycles. The number of hydrogen-bond donors (Lipinski definition) is 1. The minimum absolute atomic E-state index is 0.0391. The molecule has 0 saturated heterocycles. The fourth-order valence-electron chi connectivity index (χ4n) is 2.02. The molecule has 0 bridgehead atoms. The monoisotopic (exact) mass is 331 g/mol. The molecule has 23 heavy (non-hydrogen) atoms. The number of nitro benzene ring substituents is 1. The molecule has 0 saturated carbocycles. The third-order valence-corrected chi connectivity index (χ3v) is 3.37. The van der Waals surface area contributed by atoms with Crippen LogP contribution < -0.4 is 5.43 Å². The molecule has 0 atom stereocenters. The van der Waals surface area contributed by atoms with Gasteiger partial charge in [-0.1, -0.05) is 42.8 Å². The van der Waals surface area contributed by atoms with E-state index in [2.05, 4.69) is 10.5 Å². The van der Waals surface area contributed by atoms with Gasteiger partial charge in [-0.25, -0.2) is 5.43 Å². The summed E-state index contributed by atoms with van der Waals surface area (Å²) in [5.41, 5.74) is 3.47. The highest BCUT2D eigenvalue weighted by Gasteiger charge is 2.18. The molecule has 2 aromatic rings. The highest BCUT2D eigenvalue weighted by Crippen LogP contribution is 2.17. The van der Waals surface area contributed by atoms with E-state index < -0.39 is 10.8 Å². The minimum Gasteiger partial charge on any atom is -0.267 e. The number of nitrogens with one attached hydrogen (secondary N) is 1. The Hall–Kier alpha value is -2.73. The molecular weight excluding hydrogens is 318 g/mol. The van der Waals surface area contributed by atoms with E-state index in [9.17, 15) is 14.9 Å². The average molecular weight is 332 g/mol. The summed E-state index contributed by atoms with van der Waals surface area (Å²) in [5.74, 6) is -0.634. The van der Waals surface area contributed by atoms with Crippen LogP contribution in [0.2, 0.25) is 5.02 Å². The highest BCUT2D eigenvalue weighted by molar-refractivity contribution is 6.31. The van der Waals surface area contributed by atoms with Crippen LogP contribution in [0.15, 0.2) is 53.6 Å². The zero-order valence-corrected chi connectivity index (χ0v) is 13.1. The summed E-state index contributed by atoms with van der Waals surface area (Å²) >= 11 is 5.94. The molecule has 118 valence electrons. The van der Waals surface area contributed by atoms with Crippen LogP contribution in [0.5, 0.6) is 0 Å². The van der Waals surface area contributed by atoms with E-state index in [0.717, 1.165) is 5.56 Å². The van der Waals surface area contributed by atoms with E-state index in [1.807, 2.05) is 13.0 Å². The average Bonchev–Trinajstić information content (AvgIpc) is 2.55. The molecular formula is C16H14ClN3O3. The standard InChI is InChI=1S/C16H14ClN3O3/c1-2-14(11-6-5-7-12(17)10-11)18-19-16(21)13-8-3-4-9-15(13)20(22)23/h3-10H,2H2,1H3,(H,19,21)/b18-14+. The quantitative estimate of drug-likeness (QED) is 0.514. The molecule has 0 fully saturated rings. The van der Waals surface area contributed by atoms with Gasteiger partial charge in [0, 0.05) is 11.1 Å². The van der Waals surface area contributed by atoms with Crippen molar-refractivity contribution in [2.45, 2.75) is 13.3 Å². The molecule has 0 aromatic heterocycles. The van der Waals surface area contributed by atoms with Crippen molar-refractivity contribution < 1.29 is 9.72 Å². The number of rotatable bonds is 5. The van der Waals surface area contributed by atoms with E-state index in [4.69, 9.17) is 11.6 Å². The molecule has 1 amide bonds. The van der Waals surface area contributed by atoms with E-state index in [-0.39, 0.29) is 11.3 Å². The first-order valence-electron chi connectivity index (χ1n) is 6.89. The molecule has 7 heteroatoms. The van der Waals surface area contributed by atoms with Gasteiger partial charge in [0.2, 0.25) is 0 Å². The van der Waals surface area contributed by atoms with Gasteiger partial charge in [0.15, 0.2) is 0 Å². The number of carbonyl (C=O) groups is 1. The Morgan fingerprint density at radius 1 is 1.26 bits per heavy atom. The normalized spacial score (nSPS) is 11.1. The maximum atomic E-state index is 12.1. The number of para-hydroxylation sites is 1. The summed E-state index contributed by atoms with van der Waals surface area (Å²) in [6.45, 7) is 1.89. The lowest BCUT2D eigenvalue weighted by atomic mass is 10.1. The fraction of sp³-hybridized carbons (Fsp3) is 0.125. The van der Waals surface area contributed by atoms with E-state index in [1.165, 1.54) is 18.2 Å². The number of hydrazone groups is 1. The highest BCUT2D eigenvalue weighted by atomic mass is 35.5. The molecule has 0 radical (unpaired) electrons. The van der Waals surface area contributed by atoms with E-state index in [1.54, 1.807) is 24.3 Å². The Kier molecular flexibility index (Phi) is 5.43.